The van der Waals surface area contributed by atoms with Gasteiger partial charge in [0.05, 0.1) is 0 Å². The van der Waals surface area contributed by atoms with Gasteiger partial charge in [-0.1, -0.05) is 32.3 Å². The van der Waals surface area contributed by atoms with E-state index in [0.29, 0.717) is 11.7 Å². The third-order valence-corrected chi connectivity index (χ3v) is 6.51. The van der Waals surface area contributed by atoms with Gasteiger partial charge in [-0.3, -0.25) is 0 Å². The monoisotopic (exact) mass is 328 g/mol. The molecule has 1 saturated heterocycles. The number of ether oxygens (including phenoxy) is 1. The van der Waals surface area contributed by atoms with Gasteiger partial charge in [0.15, 0.2) is 0 Å². The van der Waals surface area contributed by atoms with Gasteiger partial charge >= 0.3 is 6.09 Å². The zero-order chi connectivity index (χ0) is 16.7. The van der Waals surface area contributed by atoms with Crippen molar-refractivity contribution in [2.45, 2.75) is 63.3 Å². The zero-order valence-electron chi connectivity index (χ0n) is 14.6. The lowest BCUT2D eigenvalue weighted by atomic mass is 9.60. The number of hydrogen-bond acceptors (Lipinski definition) is 3. The molecule has 4 nitrogen and oxygen atoms in total. The first-order chi connectivity index (χ1) is 11.6. The molecule has 4 rings (SSSR count). The number of fused-ring (bicyclic) bond motifs is 4. The third kappa shape index (κ3) is 2.61. The summed E-state index contributed by atoms with van der Waals surface area (Å²) < 4.78 is 5.60. The van der Waals surface area contributed by atoms with Crippen LogP contribution in [0.5, 0.6) is 5.75 Å². The highest BCUT2D eigenvalue weighted by atomic mass is 16.6. The van der Waals surface area contributed by atoms with Gasteiger partial charge in [-0.15, -0.1) is 0 Å². The second-order valence-corrected chi connectivity index (χ2v) is 8.03. The Morgan fingerprint density at radius 2 is 2.08 bits per heavy atom. The lowest BCUT2D eigenvalue weighted by Gasteiger charge is -2.47. The molecule has 1 saturated carbocycles. The number of nitrogens with zero attached hydrogens (tertiary/aromatic N) is 1. The Kier molecular flexibility index (Phi) is 4.03. The van der Waals surface area contributed by atoms with Gasteiger partial charge in [-0.25, -0.2) is 4.79 Å². The molecule has 0 aromatic heterocycles. The summed E-state index contributed by atoms with van der Waals surface area (Å²) in [5.41, 5.74) is 9.42. The van der Waals surface area contributed by atoms with E-state index < -0.39 is 0 Å². The maximum Gasteiger partial charge on any atom is 0.415 e. The van der Waals surface area contributed by atoms with Gasteiger partial charge < -0.3 is 15.4 Å². The van der Waals surface area contributed by atoms with Crippen LogP contribution in [-0.2, 0) is 11.8 Å². The van der Waals surface area contributed by atoms with Gasteiger partial charge in [0.1, 0.15) is 5.75 Å². The minimum Gasteiger partial charge on any atom is -0.410 e. The molecule has 2 N–H and O–H groups in total. The predicted octanol–water partition coefficient (Wildman–Crippen LogP) is 3.61. The number of carbonyl (C=O) groups is 1. The van der Waals surface area contributed by atoms with Crippen LogP contribution in [0.15, 0.2) is 18.2 Å². The van der Waals surface area contributed by atoms with Gasteiger partial charge in [0.25, 0.3) is 0 Å². The molecule has 1 amide bonds. The minimum atomic E-state index is -0.220. The summed E-state index contributed by atoms with van der Waals surface area (Å²) in [6, 6.07) is 6.40. The smallest absolute Gasteiger partial charge is 0.410 e. The van der Waals surface area contributed by atoms with Crippen molar-refractivity contribution < 1.29 is 9.53 Å². The van der Waals surface area contributed by atoms with E-state index in [-0.39, 0.29) is 17.6 Å². The van der Waals surface area contributed by atoms with Gasteiger partial charge in [-0.05, 0) is 54.9 Å². The summed E-state index contributed by atoms with van der Waals surface area (Å²) >= 11 is 0. The minimum absolute atomic E-state index is 0.00214. The summed E-state index contributed by atoms with van der Waals surface area (Å²) in [6.45, 7) is 3.94. The Balaban J connectivity index is 1.64. The highest BCUT2D eigenvalue weighted by molar-refractivity contribution is 5.71. The van der Waals surface area contributed by atoms with Crippen molar-refractivity contribution >= 4 is 6.09 Å². The normalized spacial score (nSPS) is 32.2. The fourth-order valence-electron chi connectivity index (χ4n) is 4.76. The van der Waals surface area contributed by atoms with Crippen molar-refractivity contribution in [1.29, 1.82) is 0 Å². The Morgan fingerprint density at radius 3 is 2.83 bits per heavy atom. The largest absolute Gasteiger partial charge is 0.415 e. The second kappa shape index (κ2) is 6.07. The van der Waals surface area contributed by atoms with E-state index in [1.807, 2.05) is 6.07 Å². The van der Waals surface area contributed by atoms with E-state index in [2.05, 4.69) is 19.1 Å². The molecule has 24 heavy (non-hydrogen) atoms. The summed E-state index contributed by atoms with van der Waals surface area (Å²) in [6.07, 6.45) is 8.12. The molecule has 1 aliphatic heterocycles. The van der Waals surface area contributed by atoms with E-state index >= 15 is 0 Å². The number of carbonyl (C=O) groups excluding carboxylic acids is 1. The molecular weight excluding hydrogens is 300 g/mol. The molecule has 3 atom stereocenters. The lowest BCUT2D eigenvalue weighted by Crippen LogP contribution is -2.52. The first-order valence-corrected chi connectivity index (χ1v) is 9.44. The molecule has 3 aliphatic rings. The third-order valence-electron chi connectivity index (χ3n) is 6.51. The molecular formula is C20H28N2O2. The molecule has 1 aromatic carbocycles. The Bertz CT molecular complexity index is 641. The molecule has 0 radical (unpaired) electrons. The van der Waals surface area contributed by atoms with Crippen molar-refractivity contribution in [3.05, 3.63) is 29.3 Å². The van der Waals surface area contributed by atoms with Gasteiger partial charge in [-0.2, -0.15) is 0 Å². The van der Waals surface area contributed by atoms with Crippen LogP contribution < -0.4 is 10.5 Å². The fraction of sp³-hybridized carbons (Fsp3) is 0.650. The number of amides is 1. The summed E-state index contributed by atoms with van der Waals surface area (Å²) in [7, 11) is 0. The van der Waals surface area contributed by atoms with Crippen LogP contribution in [0, 0.1) is 5.92 Å². The van der Waals surface area contributed by atoms with Crippen LogP contribution in [0.2, 0.25) is 0 Å². The zero-order valence-corrected chi connectivity index (χ0v) is 14.6. The average Bonchev–Trinajstić information content (AvgIpc) is 2.50. The predicted molar refractivity (Wildman–Crippen MR) is 94.3 cm³/mol. The molecule has 1 aromatic rings. The standard InChI is InChI=1S/C20H28N2O2/c1-20-9-4-2-3-6-15(18(20)21)12-14-7-8-16(13-17(14)20)24-19(23)22-10-5-11-22/h7-8,13,15,18H,2-6,9-12,21H2,1H3/t15-,18-,20+/m0/s1. The Labute approximate surface area is 144 Å². The molecule has 2 fully saturated rings. The van der Waals surface area contributed by atoms with E-state index in [1.54, 1.807) is 4.90 Å². The SMILES string of the molecule is C[C@@]12CCCCC[C@@H](Cc3ccc(OC(=O)N4CCC4)cc31)[C@@H]2N. The van der Waals surface area contributed by atoms with Crippen LogP contribution in [-0.4, -0.2) is 30.1 Å². The first kappa shape index (κ1) is 15.9. The lowest BCUT2D eigenvalue weighted by molar-refractivity contribution is 0.124. The number of rotatable bonds is 1. The van der Waals surface area contributed by atoms with Gasteiger partial charge in [0.2, 0.25) is 0 Å². The first-order valence-electron chi connectivity index (χ1n) is 9.44. The van der Waals surface area contributed by atoms with Crippen LogP contribution in [0.3, 0.4) is 0 Å². The summed E-state index contributed by atoms with van der Waals surface area (Å²) in [4.78, 5) is 13.8. The number of hydrogen-bond donors (Lipinski definition) is 1. The van der Waals surface area contributed by atoms with Gasteiger partial charge in [0, 0.05) is 24.5 Å². The Hall–Kier alpha value is -1.55. The molecule has 130 valence electrons. The highest BCUT2D eigenvalue weighted by Gasteiger charge is 2.43. The van der Waals surface area contributed by atoms with Crippen molar-refractivity contribution in [2.75, 3.05) is 13.1 Å². The molecule has 0 spiro atoms. The van der Waals surface area contributed by atoms with Crippen molar-refractivity contribution in [2.24, 2.45) is 11.7 Å². The maximum absolute atomic E-state index is 12.1. The van der Waals surface area contributed by atoms with Crippen molar-refractivity contribution in [3.8, 4) is 5.75 Å². The second-order valence-electron chi connectivity index (χ2n) is 8.03. The fourth-order valence-corrected chi connectivity index (χ4v) is 4.76. The number of nitrogens with two attached hydrogens (primary N) is 1. The van der Waals surface area contributed by atoms with E-state index in [0.717, 1.165) is 32.4 Å². The number of benzene rings is 1. The highest BCUT2D eigenvalue weighted by Crippen LogP contribution is 2.46. The molecule has 2 bridgehead atoms. The molecule has 2 aliphatic carbocycles. The van der Waals surface area contributed by atoms with E-state index in [9.17, 15) is 4.79 Å². The van der Waals surface area contributed by atoms with E-state index in [1.165, 1.54) is 36.8 Å². The quantitative estimate of drug-likeness (QED) is 0.857. The topological polar surface area (TPSA) is 55.6 Å². The van der Waals surface area contributed by atoms with Crippen LogP contribution in [0.4, 0.5) is 4.79 Å². The molecule has 4 heteroatoms. The average molecular weight is 328 g/mol. The Morgan fingerprint density at radius 1 is 1.25 bits per heavy atom. The number of likely N-dealkylation sites (tertiary alicyclic amines) is 1. The van der Waals surface area contributed by atoms with Crippen LogP contribution in [0.1, 0.15) is 56.6 Å². The summed E-state index contributed by atoms with van der Waals surface area (Å²) in [5.74, 6) is 1.25. The molecule has 0 unspecified atom stereocenters. The molecule has 1 heterocycles. The van der Waals surface area contributed by atoms with Crippen LogP contribution in [0.25, 0.3) is 0 Å². The van der Waals surface area contributed by atoms with Crippen molar-refractivity contribution in [3.63, 3.8) is 0 Å². The maximum atomic E-state index is 12.1. The summed E-state index contributed by atoms with van der Waals surface area (Å²) in [5, 5.41) is 0. The van der Waals surface area contributed by atoms with Crippen molar-refractivity contribution in [1.82, 2.24) is 4.90 Å². The van der Waals surface area contributed by atoms with E-state index in [4.69, 9.17) is 10.5 Å². The van der Waals surface area contributed by atoms with Crippen LogP contribution >= 0.6 is 0 Å².